The van der Waals surface area contributed by atoms with Gasteiger partial charge >= 0.3 is 5.97 Å². The summed E-state index contributed by atoms with van der Waals surface area (Å²) in [6.45, 7) is 4.23. The molecule has 2 N–H and O–H groups in total. The molecule has 0 atom stereocenters. The Kier molecular flexibility index (Phi) is 4.05. The number of carbonyl (C=O) groups excluding carboxylic acids is 1. The lowest BCUT2D eigenvalue weighted by atomic mass is 9.77. The summed E-state index contributed by atoms with van der Waals surface area (Å²) in [6, 6.07) is 5.99. The number of carbonyl (C=O) groups is 2. The minimum absolute atomic E-state index is 0.0833. The van der Waals surface area contributed by atoms with Crippen molar-refractivity contribution in [3.8, 4) is 0 Å². The van der Waals surface area contributed by atoms with Crippen LogP contribution in [0.1, 0.15) is 58.9 Å². The van der Waals surface area contributed by atoms with Gasteiger partial charge in [0.2, 0.25) is 0 Å². The first-order valence-electron chi connectivity index (χ1n) is 7.88. The molecule has 0 aliphatic heterocycles. The average molecular weight is 325 g/mol. The summed E-state index contributed by atoms with van der Waals surface area (Å²) in [4.78, 5) is 32.2. The molecule has 0 fully saturated rings. The number of amides is 1. The molecule has 124 valence electrons. The fourth-order valence-corrected chi connectivity index (χ4v) is 2.96. The van der Waals surface area contributed by atoms with Gasteiger partial charge in [0, 0.05) is 11.1 Å². The van der Waals surface area contributed by atoms with Gasteiger partial charge < -0.3 is 10.4 Å². The second-order valence-electron chi connectivity index (χ2n) is 6.62. The molecule has 6 nitrogen and oxygen atoms in total. The van der Waals surface area contributed by atoms with Gasteiger partial charge in [-0.3, -0.25) is 9.78 Å². The molecule has 0 saturated carbocycles. The van der Waals surface area contributed by atoms with Gasteiger partial charge in [0.15, 0.2) is 0 Å². The SMILES string of the molecule is CC1(C)CCCc2ncc(C(=O)Nc3ccc(C(=O)O)cc3)nc21. The van der Waals surface area contributed by atoms with E-state index in [4.69, 9.17) is 5.11 Å². The smallest absolute Gasteiger partial charge is 0.335 e. The van der Waals surface area contributed by atoms with Crippen LogP contribution in [0.5, 0.6) is 0 Å². The van der Waals surface area contributed by atoms with Crippen molar-refractivity contribution in [1.29, 1.82) is 0 Å². The Labute approximate surface area is 140 Å². The number of fused-ring (bicyclic) bond motifs is 1. The van der Waals surface area contributed by atoms with E-state index in [1.54, 1.807) is 12.1 Å². The summed E-state index contributed by atoms with van der Waals surface area (Å²) in [6.07, 6.45) is 4.50. The van der Waals surface area contributed by atoms with E-state index >= 15 is 0 Å². The highest BCUT2D eigenvalue weighted by molar-refractivity contribution is 6.03. The van der Waals surface area contributed by atoms with Crippen LogP contribution in [0, 0.1) is 0 Å². The van der Waals surface area contributed by atoms with Crippen LogP contribution in [0.25, 0.3) is 0 Å². The molecule has 6 heteroatoms. The Bertz CT molecular complexity index is 798. The van der Waals surface area contributed by atoms with Gasteiger partial charge in [-0.2, -0.15) is 0 Å². The number of nitrogens with zero attached hydrogens (tertiary/aromatic N) is 2. The van der Waals surface area contributed by atoms with Gasteiger partial charge in [-0.1, -0.05) is 13.8 Å². The number of aromatic carboxylic acids is 1. The maximum Gasteiger partial charge on any atom is 0.335 e. The standard InChI is InChI=1S/C18H19N3O3/c1-18(2)9-3-4-13-15(18)21-14(10-19-13)16(22)20-12-7-5-11(6-8-12)17(23)24/h5-8,10H,3-4,9H2,1-2H3,(H,20,22)(H,23,24). The summed E-state index contributed by atoms with van der Waals surface area (Å²) < 4.78 is 0. The monoisotopic (exact) mass is 325 g/mol. The highest BCUT2D eigenvalue weighted by atomic mass is 16.4. The molecule has 1 heterocycles. The first-order valence-corrected chi connectivity index (χ1v) is 7.88. The van der Waals surface area contributed by atoms with Crippen LogP contribution in [-0.4, -0.2) is 27.0 Å². The molecule has 0 bridgehead atoms. The minimum Gasteiger partial charge on any atom is -0.478 e. The number of rotatable bonds is 3. The van der Waals surface area contributed by atoms with E-state index < -0.39 is 5.97 Å². The fourth-order valence-electron chi connectivity index (χ4n) is 2.96. The van der Waals surface area contributed by atoms with E-state index in [0.29, 0.717) is 5.69 Å². The van der Waals surface area contributed by atoms with Crippen LogP contribution < -0.4 is 5.32 Å². The van der Waals surface area contributed by atoms with E-state index in [0.717, 1.165) is 30.7 Å². The maximum absolute atomic E-state index is 12.4. The third kappa shape index (κ3) is 3.13. The molecular weight excluding hydrogens is 306 g/mol. The molecule has 1 aromatic carbocycles. The van der Waals surface area contributed by atoms with Crippen LogP contribution in [-0.2, 0) is 11.8 Å². The number of aryl methyl sites for hydroxylation is 1. The molecule has 1 aliphatic carbocycles. The first-order chi connectivity index (χ1) is 11.4. The Hall–Kier alpha value is -2.76. The van der Waals surface area contributed by atoms with Gasteiger partial charge in [0.25, 0.3) is 5.91 Å². The molecule has 0 spiro atoms. The highest BCUT2D eigenvalue weighted by Crippen LogP contribution is 2.34. The summed E-state index contributed by atoms with van der Waals surface area (Å²) in [5.41, 5.74) is 2.73. The van der Waals surface area contributed by atoms with Crippen LogP contribution in [0.3, 0.4) is 0 Å². The van der Waals surface area contributed by atoms with Gasteiger partial charge in [-0.15, -0.1) is 0 Å². The second-order valence-corrected chi connectivity index (χ2v) is 6.62. The van der Waals surface area contributed by atoms with E-state index in [9.17, 15) is 9.59 Å². The molecule has 0 saturated heterocycles. The molecular formula is C18H19N3O3. The summed E-state index contributed by atoms with van der Waals surface area (Å²) in [5.74, 6) is -1.36. The minimum atomic E-state index is -1.00. The van der Waals surface area contributed by atoms with Gasteiger partial charge in [0.1, 0.15) is 5.69 Å². The number of nitrogens with one attached hydrogen (secondary N) is 1. The predicted octanol–water partition coefficient (Wildman–Crippen LogP) is 3.04. The van der Waals surface area contributed by atoms with Crippen molar-refractivity contribution in [2.45, 2.75) is 38.5 Å². The van der Waals surface area contributed by atoms with Gasteiger partial charge in [-0.25, -0.2) is 9.78 Å². The zero-order chi connectivity index (χ0) is 17.3. The van der Waals surface area contributed by atoms with Crippen molar-refractivity contribution in [3.05, 3.63) is 53.1 Å². The van der Waals surface area contributed by atoms with E-state index in [1.165, 1.54) is 18.3 Å². The largest absolute Gasteiger partial charge is 0.478 e. The van der Waals surface area contributed by atoms with Crippen molar-refractivity contribution >= 4 is 17.6 Å². The number of carboxylic acids is 1. The normalized spacial score (nSPS) is 15.4. The maximum atomic E-state index is 12.4. The van der Waals surface area contributed by atoms with Crippen LogP contribution in [0.15, 0.2) is 30.5 Å². The van der Waals surface area contributed by atoms with Crippen molar-refractivity contribution < 1.29 is 14.7 Å². The number of benzene rings is 1. The lowest BCUT2D eigenvalue weighted by Gasteiger charge is -2.30. The predicted molar refractivity (Wildman–Crippen MR) is 89.4 cm³/mol. The van der Waals surface area contributed by atoms with Crippen LogP contribution >= 0.6 is 0 Å². The van der Waals surface area contributed by atoms with Crippen LogP contribution in [0.4, 0.5) is 5.69 Å². The number of carboxylic acid groups (broad SMARTS) is 1. The zero-order valence-corrected chi connectivity index (χ0v) is 13.7. The second kappa shape index (κ2) is 6.03. The van der Waals surface area contributed by atoms with Gasteiger partial charge in [-0.05, 0) is 43.5 Å². The Morgan fingerprint density at radius 2 is 1.92 bits per heavy atom. The summed E-state index contributed by atoms with van der Waals surface area (Å²) in [5, 5.41) is 11.6. The number of aromatic nitrogens is 2. The summed E-state index contributed by atoms with van der Waals surface area (Å²) >= 11 is 0. The molecule has 2 aromatic rings. The average Bonchev–Trinajstić information content (AvgIpc) is 2.55. The molecule has 1 aliphatic rings. The Morgan fingerprint density at radius 3 is 2.58 bits per heavy atom. The zero-order valence-electron chi connectivity index (χ0n) is 13.7. The lowest BCUT2D eigenvalue weighted by molar-refractivity contribution is 0.0696. The fraction of sp³-hybridized carbons (Fsp3) is 0.333. The molecule has 0 unspecified atom stereocenters. The third-order valence-corrected chi connectivity index (χ3v) is 4.33. The van der Waals surface area contributed by atoms with Crippen molar-refractivity contribution in [2.75, 3.05) is 5.32 Å². The Morgan fingerprint density at radius 1 is 1.21 bits per heavy atom. The topological polar surface area (TPSA) is 92.2 Å². The molecule has 3 rings (SSSR count). The molecule has 24 heavy (non-hydrogen) atoms. The van der Waals surface area contributed by atoms with E-state index in [2.05, 4.69) is 29.1 Å². The molecule has 0 radical (unpaired) electrons. The van der Waals surface area contributed by atoms with Gasteiger partial charge in [0.05, 0.1) is 23.1 Å². The molecule has 1 aromatic heterocycles. The van der Waals surface area contributed by atoms with Crippen LogP contribution in [0.2, 0.25) is 0 Å². The Balaban J connectivity index is 1.82. The number of hydrogen-bond donors (Lipinski definition) is 2. The number of hydrogen-bond acceptors (Lipinski definition) is 4. The highest BCUT2D eigenvalue weighted by Gasteiger charge is 2.30. The summed E-state index contributed by atoms with van der Waals surface area (Å²) in [7, 11) is 0. The van der Waals surface area contributed by atoms with E-state index in [1.807, 2.05) is 0 Å². The first kappa shape index (κ1) is 16.1. The third-order valence-electron chi connectivity index (χ3n) is 4.33. The quantitative estimate of drug-likeness (QED) is 0.905. The lowest BCUT2D eigenvalue weighted by Crippen LogP contribution is -2.28. The number of anilines is 1. The molecule has 1 amide bonds. The van der Waals surface area contributed by atoms with Crippen molar-refractivity contribution in [1.82, 2.24) is 9.97 Å². The van der Waals surface area contributed by atoms with Crippen molar-refractivity contribution in [2.24, 2.45) is 0 Å². The van der Waals surface area contributed by atoms with Crippen molar-refractivity contribution in [3.63, 3.8) is 0 Å². The van der Waals surface area contributed by atoms with E-state index in [-0.39, 0.29) is 22.6 Å².